The first-order chi connectivity index (χ1) is 2.89. The van der Waals surface area contributed by atoms with Crippen molar-refractivity contribution in [2.24, 2.45) is 0 Å². The standard InChI is InChI=1S/C2H3N3/c1-2-4-5-3-1/h1-2H,(H,3,4,5)/i/hD. The van der Waals surface area contributed by atoms with E-state index in [2.05, 4.69) is 10.2 Å². The first-order valence-corrected chi connectivity index (χ1v) is 1.25. The van der Waals surface area contributed by atoms with Crippen LogP contribution in [0, 0.1) is 0 Å². The molecule has 0 unspecified atom stereocenters. The van der Waals surface area contributed by atoms with Gasteiger partial charge >= 0.3 is 0 Å². The number of aromatic nitrogens is 3. The zero-order valence-corrected chi connectivity index (χ0v) is 2.50. The van der Waals surface area contributed by atoms with Crippen LogP contribution in [0.15, 0.2) is 12.4 Å². The predicted octanol–water partition coefficient (Wildman–Crippen LogP) is -0.195. The van der Waals surface area contributed by atoms with E-state index in [1.807, 2.05) is 0 Å². The second kappa shape index (κ2) is 0.839. The highest BCUT2D eigenvalue weighted by Gasteiger charge is 1.57. The maximum Gasteiger partial charge on any atom is 0.214 e. The van der Waals surface area contributed by atoms with Gasteiger partial charge in [-0.15, -0.1) is 0 Å². The van der Waals surface area contributed by atoms with E-state index >= 15 is 0 Å². The lowest BCUT2D eigenvalue weighted by Gasteiger charge is -1.48. The monoisotopic (exact) mass is 70.0 g/mol. The summed E-state index contributed by atoms with van der Waals surface area (Å²) in [5.41, 5.74) is 0. The first-order valence-electron chi connectivity index (χ1n) is 1.70. The molecule has 26 valence electrons. The molecular weight excluding hydrogens is 66.0 g/mol. The van der Waals surface area contributed by atoms with Crippen molar-refractivity contribution in [3.8, 4) is 0 Å². The van der Waals surface area contributed by atoms with Crippen LogP contribution < -0.4 is 0 Å². The Bertz CT molecular complexity index is 112. The van der Waals surface area contributed by atoms with Crippen molar-refractivity contribution < 1.29 is 1.41 Å². The lowest BCUT2D eigenvalue weighted by Crippen LogP contribution is -1.61. The third-order valence-electron chi connectivity index (χ3n) is 0.303. The fourth-order valence-corrected chi connectivity index (χ4v) is 0.149. The third-order valence-corrected chi connectivity index (χ3v) is 0.303. The van der Waals surface area contributed by atoms with Gasteiger partial charge in [0.15, 0.2) is 0 Å². The molecule has 0 aliphatic rings. The van der Waals surface area contributed by atoms with Crippen molar-refractivity contribution in [3.63, 3.8) is 0 Å². The summed E-state index contributed by atoms with van der Waals surface area (Å²) in [6.07, 6.45) is 2.90. The Morgan fingerprint density at radius 3 is 2.40 bits per heavy atom. The quantitative estimate of drug-likeness (QED) is 0.459. The molecule has 1 aromatic rings. The molecule has 0 saturated heterocycles. The van der Waals surface area contributed by atoms with Crippen molar-refractivity contribution in [3.05, 3.63) is 12.4 Å². The third kappa shape index (κ3) is 0.238. The molecule has 1 N–H and O–H groups in total. The SMILES string of the molecule is [2H]n1nccn1. The zero-order chi connectivity index (χ0) is 4.41. The van der Waals surface area contributed by atoms with E-state index in [0.717, 1.165) is 5.21 Å². The molecule has 0 atom stereocenters. The number of hydrogen-bond acceptors (Lipinski definition) is 2. The highest BCUT2D eigenvalue weighted by Crippen LogP contribution is 1.55. The molecule has 0 fully saturated rings. The summed E-state index contributed by atoms with van der Waals surface area (Å²) in [5, 5.41) is 7.53. The topological polar surface area (TPSA) is 41.6 Å². The van der Waals surface area contributed by atoms with Crippen LogP contribution in [0.2, 0.25) is 1.41 Å². The van der Waals surface area contributed by atoms with Gasteiger partial charge in [0.1, 0.15) is 0 Å². The highest BCUT2D eigenvalue weighted by molar-refractivity contribution is 4.54. The van der Waals surface area contributed by atoms with Crippen LogP contribution in [-0.2, 0) is 0 Å². The Kier molecular flexibility index (Phi) is 0.259. The fraction of sp³-hybridized carbons (Fsp3) is 0. The van der Waals surface area contributed by atoms with Gasteiger partial charge in [-0.3, -0.25) is 0 Å². The maximum atomic E-state index is 6.57. The number of hydrogen-bond donors (Lipinski definition) is 1. The minimum Gasteiger partial charge on any atom is -0.198 e. The zero-order valence-electron chi connectivity index (χ0n) is 3.50. The molecule has 1 rings (SSSR count). The van der Waals surface area contributed by atoms with Gasteiger partial charge in [-0.25, -0.2) is 0 Å². The van der Waals surface area contributed by atoms with Gasteiger partial charge in [0.2, 0.25) is 1.41 Å². The second-order valence-corrected chi connectivity index (χ2v) is 0.619. The molecule has 0 aliphatic carbocycles. The van der Waals surface area contributed by atoms with Crippen LogP contribution in [0.3, 0.4) is 0 Å². The minimum atomic E-state index is 0.750. The van der Waals surface area contributed by atoms with Crippen molar-refractivity contribution in [2.75, 3.05) is 0 Å². The number of aromatic amines is 1. The smallest absolute Gasteiger partial charge is 0.198 e. The predicted molar refractivity (Wildman–Crippen MR) is 16.4 cm³/mol. The van der Waals surface area contributed by atoms with E-state index in [1.165, 1.54) is 12.4 Å². The summed E-state index contributed by atoms with van der Waals surface area (Å²) in [6, 6.07) is 0. The number of nitrogens with one attached hydrogen (secondary N) is 1. The lowest BCUT2D eigenvalue weighted by atomic mass is 11.0. The molecule has 1 aromatic heterocycles. The molecule has 5 heavy (non-hydrogen) atoms. The maximum absolute atomic E-state index is 6.57. The van der Waals surface area contributed by atoms with Gasteiger partial charge in [0.05, 0.1) is 12.4 Å². The molecule has 0 aromatic carbocycles. The van der Waals surface area contributed by atoms with Crippen LogP contribution in [0.1, 0.15) is 0 Å². The van der Waals surface area contributed by atoms with Crippen LogP contribution in [-0.4, -0.2) is 15.4 Å². The van der Waals surface area contributed by atoms with Crippen molar-refractivity contribution >= 4 is 0 Å². The molecule has 0 radical (unpaired) electrons. The summed E-state index contributed by atoms with van der Waals surface area (Å²) in [7, 11) is 0. The first kappa shape index (κ1) is 1.55. The largest absolute Gasteiger partial charge is 0.214 e. The van der Waals surface area contributed by atoms with Gasteiger partial charge in [-0.2, -0.15) is 15.4 Å². The summed E-state index contributed by atoms with van der Waals surface area (Å²) in [5.74, 6) is 0. The van der Waals surface area contributed by atoms with E-state index in [9.17, 15) is 0 Å². The summed E-state index contributed by atoms with van der Waals surface area (Å²) in [4.78, 5) is 0. The van der Waals surface area contributed by atoms with Crippen LogP contribution in [0.5, 0.6) is 0 Å². The number of rotatable bonds is 0. The molecule has 0 bridgehead atoms. The molecule has 0 spiro atoms. The molecule has 3 heteroatoms. The van der Waals surface area contributed by atoms with Gasteiger partial charge in [0.25, 0.3) is 0 Å². The Balaban J connectivity index is 3.05. The molecule has 1 heterocycles. The van der Waals surface area contributed by atoms with E-state index in [1.54, 1.807) is 0 Å². The van der Waals surface area contributed by atoms with Crippen LogP contribution in [0.4, 0.5) is 0 Å². The van der Waals surface area contributed by atoms with Crippen LogP contribution >= 0.6 is 0 Å². The second-order valence-electron chi connectivity index (χ2n) is 0.619. The average molecular weight is 70.1 g/mol. The number of H-pyrrole nitrogens is 1. The summed E-state index contributed by atoms with van der Waals surface area (Å²) < 4.78 is 6.57. The van der Waals surface area contributed by atoms with Crippen LogP contribution in [0.25, 0.3) is 0 Å². The average Bonchev–Trinajstić information content (AvgIpc) is 1.86. The van der Waals surface area contributed by atoms with E-state index in [-0.39, 0.29) is 0 Å². The number of nitrogens with zero attached hydrogens (tertiary/aromatic N) is 2. The fourth-order valence-electron chi connectivity index (χ4n) is 0.149. The molecule has 3 nitrogen and oxygen atoms in total. The lowest BCUT2D eigenvalue weighted by molar-refractivity contribution is 0.940. The summed E-state index contributed by atoms with van der Waals surface area (Å²) >= 11 is 0. The van der Waals surface area contributed by atoms with Gasteiger partial charge in [-0.1, -0.05) is 0 Å². The normalized spacial score (nSPS) is 10.8. The summed E-state index contributed by atoms with van der Waals surface area (Å²) in [6.45, 7) is 0. The Hall–Kier alpha value is -0.860. The molecule has 0 aliphatic heterocycles. The van der Waals surface area contributed by atoms with E-state index in [0.29, 0.717) is 0 Å². The van der Waals surface area contributed by atoms with E-state index < -0.39 is 0 Å². The van der Waals surface area contributed by atoms with Gasteiger partial charge < -0.3 is 0 Å². The minimum absolute atomic E-state index is 0.750. The van der Waals surface area contributed by atoms with Gasteiger partial charge in [-0.05, 0) is 0 Å². The molecular formula is C2H3N3. The molecule has 0 saturated carbocycles. The Labute approximate surface area is 30.5 Å². The van der Waals surface area contributed by atoms with Crippen molar-refractivity contribution in [1.82, 2.24) is 15.4 Å². The molecule has 0 amide bonds. The Morgan fingerprint density at radius 2 is 2.20 bits per heavy atom. The Morgan fingerprint density at radius 1 is 1.60 bits per heavy atom. The van der Waals surface area contributed by atoms with Crippen molar-refractivity contribution in [2.45, 2.75) is 0 Å². The van der Waals surface area contributed by atoms with Crippen molar-refractivity contribution in [1.29, 1.82) is 0 Å². The van der Waals surface area contributed by atoms with E-state index in [4.69, 9.17) is 1.41 Å². The highest BCUT2D eigenvalue weighted by atomic mass is 15.3. The van der Waals surface area contributed by atoms with Gasteiger partial charge in [0, 0.05) is 0 Å².